The van der Waals surface area contributed by atoms with E-state index in [0.29, 0.717) is 30.3 Å². The van der Waals surface area contributed by atoms with Crippen molar-refractivity contribution < 1.29 is 129 Å². The van der Waals surface area contributed by atoms with Crippen LogP contribution in [0.1, 0.15) is 51.8 Å². The molecule has 1 saturated heterocycles. The number of phenolic OH excluding ortho intramolecular Hbond substituents is 13. The van der Waals surface area contributed by atoms with Gasteiger partial charge in [-0.3, -0.25) is 0 Å². The molecule has 67 heavy (non-hydrogen) atoms. The smallest absolute Gasteiger partial charge is 0.347 e. The summed E-state index contributed by atoms with van der Waals surface area (Å²) in [4.78, 5) is 70.1. The Morgan fingerprint density at radius 3 is 1.28 bits per heavy atom. The molecule has 0 aliphatic carbocycles. The molecule has 26 nitrogen and oxygen atoms in total. The summed E-state index contributed by atoms with van der Waals surface area (Å²) < 4.78 is 38.5. The first kappa shape index (κ1) is 42.9. The molecular formula is C41H26O26. The minimum Gasteiger partial charge on any atom is -0.504 e. The maximum Gasteiger partial charge on any atom is 0.347 e. The summed E-state index contributed by atoms with van der Waals surface area (Å²) in [6.45, 7) is -1.18. The van der Waals surface area contributed by atoms with Gasteiger partial charge in [-0.15, -0.1) is 0 Å². The Hall–Kier alpha value is -9.43. The van der Waals surface area contributed by atoms with Crippen molar-refractivity contribution in [1.82, 2.24) is 0 Å². The van der Waals surface area contributed by atoms with E-state index in [9.17, 15) is 95.5 Å². The minimum atomic E-state index is -2.48. The van der Waals surface area contributed by atoms with Crippen LogP contribution in [0.15, 0.2) is 30.3 Å². The number of carbonyl (C=O) groups is 5. The van der Waals surface area contributed by atoms with Crippen LogP contribution in [0.5, 0.6) is 92.0 Å². The predicted octanol–water partition coefficient (Wildman–Crippen LogP) is 1.70. The molecule has 26 heteroatoms. The third-order valence-corrected chi connectivity index (χ3v) is 10.9. The number of cyclic esters (lactones) is 1. The predicted molar refractivity (Wildman–Crippen MR) is 206 cm³/mol. The Kier molecular flexibility index (Phi) is 9.48. The van der Waals surface area contributed by atoms with E-state index in [2.05, 4.69) is 0 Å². The number of phenols is 13. The lowest BCUT2D eigenvalue weighted by molar-refractivity contribution is -0.284. The van der Waals surface area contributed by atoms with Crippen molar-refractivity contribution in [2.75, 3.05) is 6.61 Å². The summed E-state index contributed by atoms with van der Waals surface area (Å²) in [5.41, 5.74) is -8.97. The number of rotatable bonds is 0. The Balaban J connectivity index is 1.22. The van der Waals surface area contributed by atoms with Gasteiger partial charge in [0.25, 0.3) is 0 Å². The van der Waals surface area contributed by atoms with E-state index in [1.54, 1.807) is 0 Å². The van der Waals surface area contributed by atoms with Crippen LogP contribution in [-0.4, -0.2) is 139 Å². The van der Waals surface area contributed by atoms with Crippen molar-refractivity contribution in [3.8, 4) is 114 Å². The Labute approximate surface area is 367 Å². The van der Waals surface area contributed by atoms with Gasteiger partial charge >= 0.3 is 29.8 Å². The molecule has 0 aromatic heterocycles. The molecule has 0 saturated carbocycles. The van der Waals surface area contributed by atoms with E-state index in [0.717, 1.165) is 0 Å². The molecule has 0 spiro atoms. The topological polar surface area (TPSA) is 433 Å². The van der Waals surface area contributed by atoms with Crippen molar-refractivity contribution in [3.63, 3.8) is 0 Å². The van der Waals surface area contributed by atoms with Crippen LogP contribution in [0, 0.1) is 0 Å². The van der Waals surface area contributed by atoms with Crippen LogP contribution in [0.3, 0.4) is 0 Å². The summed E-state index contributed by atoms with van der Waals surface area (Å²) in [6.07, 6.45) is -11.5. The zero-order valence-electron chi connectivity index (χ0n) is 32.6. The van der Waals surface area contributed by atoms with E-state index in [1.165, 1.54) is 0 Å². The highest BCUT2D eigenvalue weighted by atomic mass is 16.7. The summed E-state index contributed by atoms with van der Waals surface area (Å²) in [7, 11) is 0. The number of aliphatic hydroxyl groups excluding tert-OH is 1. The lowest BCUT2D eigenvalue weighted by Crippen LogP contribution is -2.62. The van der Waals surface area contributed by atoms with Crippen LogP contribution in [-0.2, 0) is 23.7 Å². The van der Waals surface area contributed by atoms with Crippen LogP contribution >= 0.6 is 0 Å². The Bertz CT molecular complexity index is 3120. The number of carbonyl (C=O) groups excluding carboxylic acids is 5. The maximum absolute atomic E-state index is 14.5. The highest BCUT2D eigenvalue weighted by molar-refractivity contribution is 6.10. The molecule has 9 rings (SSSR count). The molecule has 5 aromatic rings. The molecule has 0 unspecified atom stereocenters. The number of hydrogen-bond donors (Lipinski definition) is 14. The van der Waals surface area contributed by atoms with Crippen LogP contribution in [0.2, 0.25) is 0 Å². The van der Waals surface area contributed by atoms with Gasteiger partial charge in [0.1, 0.15) is 18.3 Å². The van der Waals surface area contributed by atoms with Gasteiger partial charge < -0.3 is 105 Å². The first-order valence-electron chi connectivity index (χ1n) is 18.7. The molecule has 346 valence electrons. The summed E-state index contributed by atoms with van der Waals surface area (Å²) >= 11 is 0. The highest BCUT2D eigenvalue weighted by Gasteiger charge is 2.54. The van der Waals surface area contributed by atoms with E-state index < -0.39 is 209 Å². The molecule has 4 aliphatic heterocycles. The molecule has 4 aliphatic rings. The zero-order chi connectivity index (χ0) is 48.4. The van der Waals surface area contributed by atoms with Crippen molar-refractivity contribution >= 4 is 29.8 Å². The largest absolute Gasteiger partial charge is 0.504 e. The van der Waals surface area contributed by atoms with Crippen molar-refractivity contribution in [2.45, 2.75) is 30.7 Å². The minimum absolute atomic E-state index is 0.427. The number of fused-ring (bicyclic) bond motifs is 11. The lowest BCUT2D eigenvalue weighted by atomic mass is 9.91. The number of hydrogen-bond acceptors (Lipinski definition) is 26. The number of aromatic hydroxyl groups is 13. The standard InChI is InChI=1S/C41H26O26/c42-12-1-7-18(26(50)22(12)46)19-8(2-13(43)23(47)27(19)51)39(58)67-35-34(66-38(7)57)33-17(63-41(35)60)6-61-36(55)10-5-16-32(64-40(59)11-4-15(45)25(49)30(54)31(11)62-16)29(53)21(10)20-9(37(56)65-33)3-14(44)24(48)28(20)52/h1-5,17,33-35,41-54,60H,6H2/t17-,33-,34+,35-,41+/m1/s1. The van der Waals surface area contributed by atoms with Crippen molar-refractivity contribution in [2.24, 2.45) is 0 Å². The number of benzene rings is 5. The van der Waals surface area contributed by atoms with Crippen LogP contribution < -0.4 is 9.47 Å². The molecule has 5 aromatic carbocycles. The monoisotopic (exact) mass is 934 g/mol. The molecule has 4 heterocycles. The van der Waals surface area contributed by atoms with Gasteiger partial charge in [-0.05, 0) is 18.2 Å². The average Bonchev–Trinajstić information content (AvgIpc) is 3.43. The lowest BCUT2D eigenvalue weighted by Gasteiger charge is -2.43. The molecule has 0 radical (unpaired) electrons. The normalized spacial score (nSPS) is 20.8. The SMILES string of the molecule is O=C1Oc2c(cc3c(c2O)-c2c(cc(O)c(O)c2O)C(=O)O[C@H]2[C@@H]4OC(=O)c5cc(O)c(O)c(O)c5-c5c(cc(O)c(O)c5O)C(=O)O[C@H]4[C@@H](O)O[C@@H]2COC3=O)Oc2c1cc(O)c(O)c2O. The van der Waals surface area contributed by atoms with Gasteiger partial charge in [0.05, 0.1) is 22.3 Å². The van der Waals surface area contributed by atoms with E-state index in [-0.39, 0.29) is 0 Å². The van der Waals surface area contributed by atoms with E-state index in [4.69, 9.17) is 33.2 Å². The second-order valence-corrected chi connectivity index (χ2v) is 14.8. The summed E-state index contributed by atoms with van der Waals surface area (Å²) in [6, 6.07) is 2.59. The van der Waals surface area contributed by atoms with Crippen LogP contribution in [0.4, 0.5) is 0 Å². The van der Waals surface area contributed by atoms with Crippen LogP contribution in [0.25, 0.3) is 22.3 Å². The molecule has 1 fully saturated rings. The fraction of sp³-hybridized carbons (Fsp3) is 0.146. The summed E-state index contributed by atoms with van der Waals surface area (Å²) in [5.74, 6) is -27.9. The fourth-order valence-corrected chi connectivity index (χ4v) is 7.76. The quantitative estimate of drug-likeness (QED) is 0.0454. The first-order valence-corrected chi connectivity index (χ1v) is 18.7. The zero-order valence-corrected chi connectivity index (χ0v) is 32.6. The molecular weight excluding hydrogens is 908 g/mol. The van der Waals surface area contributed by atoms with Crippen molar-refractivity contribution in [3.05, 3.63) is 58.1 Å². The number of ether oxygens (including phenoxy) is 7. The molecule has 0 bridgehead atoms. The maximum atomic E-state index is 14.5. The fourth-order valence-electron chi connectivity index (χ4n) is 7.76. The van der Waals surface area contributed by atoms with Gasteiger partial charge in [0.15, 0.2) is 82.1 Å². The third-order valence-electron chi connectivity index (χ3n) is 10.9. The highest BCUT2D eigenvalue weighted by Crippen LogP contribution is 2.58. The first-order chi connectivity index (χ1) is 31.6. The molecule has 5 atom stereocenters. The van der Waals surface area contributed by atoms with Gasteiger partial charge in [0, 0.05) is 34.4 Å². The van der Waals surface area contributed by atoms with E-state index >= 15 is 0 Å². The summed E-state index contributed by atoms with van der Waals surface area (Å²) in [5, 5.41) is 150. The van der Waals surface area contributed by atoms with E-state index in [1.807, 2.05) is 0 Å². The molecule has 14 N–H and O–H groups in total. The third kappa shape index (κ3) is 6.30. The number of aliphatic hydroxyl groups is 1. The second kappa shape index (κ2) is 14.8. The Morgan fingerprint density at radius 1 is 0.388 bits per heavy atom. The number of esters is 5. The average molecular weight is 935 g/mol. The van der Waals surface area contributed by atoms with Gasteiger partial charge in [-0.1, -0.05) is 0 Å². The van der Waals surface area contributed by atoms with Crippen molar-refractivity contribution in [1.29, 1.82) is 0 Å². The van der Waals surface area contributed by atoms with Gasteiger partial charge in [-0.2, -0.15) is 0 Å². The van der Waals surface area contributed by atoms with Gasteiger partial charge in [0.2, 0.25) is 34.5 Å². The second-order valence-electron chi connectivity index (χ2n) is 14.8. The van der Waals surface area contributed by atoms with Gasteiger partial charge in [-0.25, -0.2) is 24.0 Å². The molecule has 0 amide bonds. The Morgan fingerprint density at radius 2 is 0.791 bits per heavy atom.